The molecule has 1 aromatic heterocycles. The molecule has 3 aromatic rings. The predicted octanol–water partition coefficient (Wildman–Crippen LogP) is 4.93. The number of halogens is 3. The number of hydrogen-bond donors (Lipinski definition) is 3. The predicted molar refractivity (Wildman–Crippen MR) is 123 cm³/mol. The van der Waals surface area contributed by atoms with Crippen molar-refractivity contribution in [2.45, 2.75) is 32.0 Å². The number of carbonyl (C=O) groups is 1. The van der Waals surface area contributed by atoms with Gasteiger partial charge >= 0.3 is 6.18 Å². The number of nitrogens with two attached hydrogens (primary N) is 1. The Balaban J connectivity index is 1.59. The van der Waals surface area contributed by atoms with Gasteiger partial charge in [0.2, 0.25) is 0 Å². The van der Waals surface area contributed by atoms with Crippen molar-refractivity contribution in [2.24, 2.45) is 5.73 Å². The van der Waals surface area contributed by atoms with Crippen LogP contribution in [0.3, 0.4) is 0 Å². The van der Waals surface area contributed by atoms with E-state index < -0.39 is 23.6 Å². The van der Waals surface area contributed by atoms with Crippen LogP contribution in [0, 0.1) is 5.41 Å². The van der Waals surface area contributed by atoms with Crippen LogP contribution in [0.5, 0.6) is 11.5 Å². The Morgan fingerprint density at radius 2 is 1.79 bits per heavy atom. The topological polar surface area (TPSA) is 98.4 Å². The van der Waals surface area contributed by atoms with E-state index >= 15 is 0 Å². The summed E-state index contributed by atoms with van der Waals surface area (Å²) in [7, 11) is 1.27. The average Bonchev–Trinajstić information content (AvgIpc) is 3.23. The van der Waals surface area contributed by atoms with Crippen molar-refractivity contribution in [3.8, 4) is 11.5 Å². The van der Waals surface area contributed by atoms with Crippen LogP contribution in [0.15, 0.2) is 42.5 Å². The van der Waals surface area contributed by atoms with E-state index in [1.807, 2.05) is 12.1 Å². The zero-order chi connectivity index (χ0) is 24.5. The average molecular weight is 473 g/mol. The minimum Gasteiger partial charge on any atom is -0.457 e. The third-order valence-electron chi connectivity index (χ3n) is 5.93. The van der Waals surface area contributed by atoms with Crippen LogP contribution in [0.1, 0.15) is 40.9 Å². The fourth-order valence-electron chi connectivity index (χ4n) is 4.08. The smallest absolute Gasteiger partial charge is 0.417 e. The number of guanidine groups is 1. The molecule has 180 valence electrons. The van der Waals surface area contributed by atoms with Gasteiger partial charge in [-0.2, -0.15) is 13.2 Å². The van der Waals surface area contributed by atoms with Crippen LogP contribution in [0.25, 0.3) is 10.9 Å². The first-order chi connectivity index (χ1) is 16.1. The van der Waals surface area contributed by atoms with Gasteiger partial charge in [0.05, 0.1) is 11.1 Å². The molecule has 0 unspecified atom stereocenters. The number of aromatic amines is 1. The molecule has 34 heavy (non-hydrogen) atoms. The number of ether oxygens (including phenoxy) is 1. The summed E-state index contributed by atoms with van der Waals surface area (Å²) in [6.45, 7) is 2.97. The van der Waals surface area contributed by atoms with Crippen LogP contribution >= 0.6 is 0 Å². The number of aromatic nitrogens is 1. The highest BCUT2D eigenvalue weighted by Crippen LogP contribution is 2.39. The molecule has 7 nitrogen and oxygen atoms in total. The molecular formula is C24H26F3N5O2. The minimum absolute atomic E-state index is 0.00984. The molecule has 1 aliphatic heterocycles. The lowest BCUT2D eigenvalue weighted by atomic mass is 10.1. The molecule has 4 N–H and O–H groups in total. The molecule has 1 fully saturated rings. The van der Waals surface area contributed by atoms with E-state index in [-0.39, 0.29) is 22.3 Å². The highest BCUT2D eigenvalue weighted by molar-refractivity contribution is 6.06. The molecule has 1 amide bonds. The number of carbonyl (C=O) groups excluding carboxylic acids is 1. The summed E-state index contributed by atoms with van der Waals surface area (Å²) in [5.74, 6) is -0.838. The van der Waals surface area contributed by atoms with Gasteiger partial charge in [-0.3, -0.25) is 20.0 Å². The maximum Gasteiger partial charge on any atom is 0.417 e. The number of nitrogens with zero attached hydrogens (tertiary/aromatic N) is 2. The number of H-pyrrole nitrogens is 1. The number of fused-ring (bicyclic) bond motifs is 1. The maximum atomic E-state index is 13.8. The van der Waals surface area contributed by atoms with Crippen molar-refractivity contribution in [1.29, 1.82) is 5.41 Å². The maximum absolute atomic E-state index is 13.8. The number of hydrogen-bond acceptors (Lipinski definition) is 4. The van der Waals surface area contributed by atoms with Gasteiger partial charge in [0.15, 0.2) is 5.96 Å². The van der Waals surface area contributed by atoms with E-state index in [0.717, 1.165) is 42.2 Å². The Hall–Kier alpha value is -3.53. The van der Waals surface area contributed by atoms with Crippen LogP contribution in [-0.4, -0.2) is 46.8 Å². The van der Waals surface area contributed by atoms with Gasteiger partial charge < -0.3 is 15.5 Å². The third-order valence-corrected chi connectivity index (χ3v) is 5.93. The zero-order valence-electron chi connectivity index (χ0n) is 18.7. The Morgan fingerprint density at radius 1 is 1.12 bits per heavy atom. The lowest BCUT2D eigenvalue weighted by molar-refractivity contribution is -0.136. The van der Waals surface area contributed by atoms with E-state index in [1.54, 1.807) is 12.1 Å². The number of nitrogens with one attached hydrogen (secondary N) is 2. The second kappa shape index (κ2) is 9.38. The standard InChI is InChI=1S/C24H26F3N5O2/c1-31(23(28)29)22(33)21-13-18-19(24(25,26)27)11-17(12-20(18)30-21)34-16-7-5-15(6-8-16)14-32-9-3-2-4-10-32/h5-8,11-13,30H,2-4,9-10,14H2,1H3,(H3,28,29). The Bertz CT molecular complexity index is 1200. The van der Waals surface area contributed by atoms with Crippen molar-refractivity contribution in [1.82, 2.24) is 14.8 Å². The summed E-state index contributed by atoms with van der Waals surface area (Å²) in [6.07, 6.45) is -1.01. The number of alkyl halides is 3. The van der Waals surface area contributed by atoms with E-state index in [1.165, 1.54) is 32.4 Å². The van der Waals surface area contributed by atoms with Gasteiger partial charge in [0.1, 0.15) is 17.2 Å². The molecule has 1 aliphatic rings. The lowest BCUT2D eigenvalue weighted by Crippen LogP contribution is -2.38. The molecule has 0 atom stereocenters. The van der Waals surface area contributed by atoms with Crippen molar-refractivity contribution in [3.05, 3.63) is 59.3 Å². The molecule has 2 aromatic carbocycles. The summed E-state index contributed by atoms with van der Waals surface area (Å²) in [4.78, 5) is 18.3. The molecule has 1 saturated heterocycles. The fourth-order valence-corrected chi connectivity index (χ4v) is 4.08. The molecule has 0 bridgehead atoms. The van der Waals surface area contributed by atoms with Crippen LogP contribution < -0.4 is 10.5 Å². The van der Waals surface area contributed by atoms with E-state index in [9.17, 15) is 18.0 Å². The van der Waals surface area contributed by atoms with E-state index in [4.69, 9.17) is 15.9 Å². The Labute approximate surface area is 194 Å². The van der Waals surface area contributed by atoms with Gasteiger partial charge in [-0.15, -0.1) is 0 Å². The molecule has 10 heteroatoms. The SMILES string of the molecule is CN(C(=N)N)C(=O)c1cc2c(C(F)(F)F)cc(Oc3ccc(CN4CCCCC4)cc3)cc2[nH]1. The van der Waals surface area contributed by atoms with Gasteiger partial charge in [-0.25, -0.2) is 0 Å². The van der Waals surface area contributed by atoms with Crippen molar-refractivity contribution < 1.29 is 22.7 Å². The minimum atomic E-state index is -4.66. The van der Waals surface area contributed by atoms with Gasteiger partial charge in [-0.05, 0) is 55.8 Å². The quantitative estimate of drug-likeness (QED) is 0.361. The summed E-state index contributed by atoms with van der Waals surface area (Å²) >= 11 is 0. The fraction of sp³-hybridized carbons (Fsp3) is 0.333. The Morgan fingerprint density at radius 3 is 2.41 bits per heavy atom. The Kier molecular flexibility index (Phi) is 6.52. The summed E-state index contributed by atoms with van der Waals surface area (Å²) in [5.41, 5.74) is 5.47. The monoisotopic (exact) mass is 473 g/mol. The van der Waals surface area contributed by atoms with Gasteiger partial charge in [0, 0.05) is 25.0 Å². The number of rotatable bonds is 5. The number of piperidine rings is 1. The largest absolute Gasteiger partial charge is 0.457 e. The van der Waals surface area contributed by atoms with Crippen LogP contribution in [0.2, 0.25) is 0 Å². The highest BCUT2D eigenvalue weighted by atomic mass is 19.4. The third kappa shape index (κ3) is 5.17. The normalized spacial score (nSPS) is 14.8. The first kappa shape index (κ1) is 23.6. The molecule has 0 spiro atoms. The number of benzene rings is 2. The van der Waals surface area contributed by atoms with Crippen molar-refractivity contribution in [3.63, 3.8) is 0 Å². The summed E-state index contributed by atoms with van der Waals surface area (Å²) in [6, 6.07) is 10.7. The lowest BCUT2D eigenvalue weighted by Gasteiger charge is -2.26. The highest BCUT2D eigenvalue weighted by Gasteiger charge is 2.34. The van der Waals surface area contributed by atoms with Crippen molar-refractivity contribution >= 4 is 22.8 Å². The second-order valence-corrected chi connectivity index (χ2v) is 8.45. The number of amides is 1. The van der Waals surface area contributed by atoms with Gasteiger partial charge in [-0.1, -0.05) is 18.6 Å². The first-order valence-electron chi connectivity index (χ1n) is 11.0. The summed E-state index contributed by atoms with van der Waals surface area (Å²) < 4.78 is 47.1. The molecule has 4 rings (SSSR count). The van der Waals surface area contributed by atoms with Crippen LogP contribution in [-0.2, 0) is 12.7 Å². The first-order valence-corrected chi connectivity index (χ1v) is 11.0. The van der Waals surface area contributed by atoms with Gasteiger partial charge in [0.25, 0.3) is 5.91 Å². The summed E-state index contributed by atoms with van der Waals surface area (Å²) in [5, 5.41) is 7.20. The molecule has 2 heterocycles. The van der Waals surface area contributed by atoms with E-state index in [2.05, 4.69) is 9.88 Å². The molecule has 0 aliphatic carbocycles. The molecule has 0 radical (unpaired) electrons. The number of likely N-dealkylation sites (tertiary alicyclic amines) is 1. The molecule has 0 saturated carbocycles. The zero-order valence-corrected chi connectivity index (χ0v) is 18.7. The van der Waals surface area contributed by atoms with Crippen LogP contribution in [0.4, 0.5) is 13.2 Å². The van der Waals surface area contributed by atoms with Crippen molar-refractivity contribution in [2.75, 3.05) is 20.1 Å². The second-order valence-electron chi connectivity index (χ2n) is 8.45. The van der Waals surface area contributed by atoms with E-state index in [0.29, 0.717) is 5.75 Å². The molecular weight excluding hydrogens is 447 g/mol.